The summed E-state index contributed by atoms with van der Waals surface area (Å²) in [5.74, 6) is 0. The first kappa shape index (κ1) is 12.6. The molecule has 0 saturated carbocycles. The van der Waals surface area contributed by atoms with Gasteiger partial charge >= 0.3 is 0 Å². The molecule has 1 N–H and O–H groups in total. The second-order valence-electron chi connectivity index (χ2n) is 5.25. The van der Waals surface area contributed by atoms with Crippen LogP contribution in [0.4, 0.5) is 0 Å². The zero-order chi connectivity index (χ0) is 12.1. The Balaban J connectivity index is 2.07. The van der Waals surface area contributed by atoms with E-state index >= 15 is 0 Å². The van der Waals surface area contributed by atoms with Crippen LogP contribution in [0.15, 0.2) is 24.3 Å². The maximum Gasteiger partial charge on any atom is 0.0538 e. The van der Waals surface area contributed by atoms with Gasteiger partial charge in [0.25, 0.3) is 0 Å². The van der Waals surface area contributed by atoms with Crippen molar-refractivity contribution in [1.82, 2.24) is 5.32 Å². The van der Waals surface area contributed by atoms with Crippen LogP contribution in [0.25, 0.3) is 0 Å². The molecule has 0 bridgehead atoms. The molecule has 0 aliphatic carbocycles. The highest BCUT2D eigenvalue weighted by atomic mass is 16.5. The Morgan fingerprint density at radius 3 is 2.94 bits per heavy atom. The third kappa shape index (κ3) is 3.30. The van der Waals surface area contributed by atoms with Crippen molar-refractivity contribution >= 4 is 0 Å². The Kier molecular flexibility index (Phi) is 4.19. The van der Waals surface area contributed by atoms with Crippen LogP contribution in [0.3, 0.4) is 0 Å². The maximum absolute atomic E-state index is 5.62. The van der Waals surface area contributed by atoms with Gasteiger partial charge in [-0.1, -0.05) is 36.8 Å². The Morgan fingerprint density at radius 2 is 2.29 bits per heavy atom. The Morgan fingerprint density at radius 1 is 1.41 bits per heavy atom. The largest absolute Gasteiger partial charge is 0.381 e. The van der Waals surface area contributed by atoms with Gasteiger partial charge in [0.15, 0.2) is 0 Å². The highest BCUT2D eigenvalue weighted by Gasteiger charge is 2.34. The first-order valence-electron chi connectivity index (χ1n) is 6.58. The zero-order valence-electron chi connectivity index (χ0n) is 11.0. The number of benzene rings is 1. The molecule has 0 radical (unpaired) electrons. The average molecular weight is 233 g/mol. The number of ether oxygens (including phenoxy) is 1. The molecule has 17 heavy (non-hydrogen) atoms. The van der Waals surface area contributed by atoms with E-state index in [1.165, 1.54) is 17.5 Å². The molecule has 1 aromatic carbocycles. The van der Waals surface area contributed by atoms with Gasteiger partial charge in [-0.15, -0.1) is 0 Å². The van der Waals surface area contributed by atoms with E-state index in [2.05, 4.69) is 43.4 Å². The minimum absolute atomic E-state index is 0.309. The minimum Gasteiger partial charge on any atom is -0.381 e. The molecular formula is C15H23NO. The fourth-order valence-corrected chi connectivity index (χ4v) is 2.64. The van der Waals surface area contributed by atoms with Crippen molar-refractivity contribution in [3.8, 4) is 0 Å². The summed E-state index contributed by atoms with van der Waals surface area (Å²) in [4.78, 5) is 0. The van der Waals surface area contributed by atoms with Crippen LogP contribution < -0.4 is 5.32 Å². The number of nitrogens with one attached hydrogen (secondary N) is 1. The van der Waals surface area contributed by atoms with Gasteiger partial charge in [-0.05, 0) is 31.9 Å². The van der Waals surface area contributed by atoms with Gasteiger partial charge in [-0.25, -0.2) is 0 Å². The van der Waals surface area contributed by atoms with Gasteiger partial charge < -0.3 is 10.1 Å². The normalized spacial score (nSPS) is 24.1. The quantitative estimate of drug-likeness (QED) is 0.844. The van der Waals surface area contributed by atoms with Crippen LogP contribution in [0, 0.1) is 12.3 Å². The molecule has 1 fully saturated rings. The summed E-state index contributed by atoms with van der Waals surface area (Å²) >= 11 is 0. The molecule has 0 spiro atoms. The van der Waals surface area contributed by atoms with Crippen LogP contribution in [0.2, 0.25) is 0 Å². The van der Waals surface area contributed by atoms with Gasteiger partial charge in [0, 0.05) is 18.6 Å². The topological polar surface area (TPSA) is 21.3 Å². The van der Waals surface area contributed by atoms with E-state index in [4.69, 9.17) is 4.74 Å². The van der Waals surface area contributed by atoms with Gasteiger partial charge in [-0.2, -0.15) is 0 Å². The van der Waals surface area contributed by atoms with E-state index in [1.807, 2.05) is 0 Å². The van der Waals surface area contributed by atoms with Gasteiger partial charge in [0.05, 0.1) is 6.61 Å². The lowest BCUT2D eigenvalue weighted by atomic mass is 9.80. The van der Waals surface area contributed by atoms with Crippen LogP contribution in [-0.4, -0.2) is 26.3 Å². The molecule has 0 aromatic heterocycles. The van der Waals surface area contributed by atoms with Crippen molar-refractivity contribution in [1.29, 1.82) is 0 Å². The van der Waals surface area contributed by atoms with Crippen molar-refractivity contribution in [2.45, 2.75) is 26.7 Å². The monoisotopic (exact) mass is 233 g/mol. The van der Waals surface area contributed by atoms with Crippen molar-refractivity contribution in [3.05, 3.63) is 35.4 Å². The number of aryl methyl sites for hydroxylation is 1. The molecule has 1 unspecified atom stereocenters. The van der Waals surface area contributed by atoms with Crippen LogP contribution in [0.5, 0.6) is 0 Å². The smallest absolute Gasteiger partial charge is 0.0538 e. The van der Waals surface area contributed by atoms with Crippen molar-refractivity contribution in [3.63, 3.8) is 0 Å². The van der Waals surface area contributed by atoms with Crippen LogP contribution in [-0.2, 0) is 11.2 Å². The molecule has 1 aliphatic rings. The molecule has 1 heterocycles. The summed E-state index contributed by atoms with van der Waals surface area (Å²) in [6.45, 7) is 8.24. The minimum atomic E-state index is 0.309. The second-order valence-corrected chi connectivity index (χ2v) is 5.25. The molecular weight excluding hydrogens is 210 g/mol. The van der Waals surface area contributed by atoms with Gasteiger partial charge in [-0.3, -0.25) is 0 Å². The lowest BCUT2D eigenvalue weighted by molar-refractivity contribution is 0.149. The molecule has 2 nitrogen and oxygen atoms in total. The number of rotatable bonds is 5. The number of hydrogen-bond donors (Lipinski definition) is 1. The Bertz CT molecular complexity index is 356. The predicted octanol–water partition coefficient (Wildman–Crippen LogP) is 2.55. The van der Waals surface area contributed by atoms with Gasteiger partial charge in [0.2, 0.25) is 0 Å². The molecule has 1 aliphatic heterocycles. The fraction of sp³-hybridized carbons (Fsp3) is 0.600. The lowest BCUT2D eigenvalue weighted by Gasteiger charge is -2.28. The molecule has 94 valence electrons. The van der Waals surface area contributed by atoms with E-state index in [-0.39, 0.29) is 0 Å². The maximum atomic E-state index is 5.62. The highest BCUT2D eigenvalue weighted by Crippen LogP contribution is 2.32. The summed E-state index contributed by atoms with van der Waals surface area (Å²) in [6.07, 6.45) is 2.30. The van der Waals surface area contributed by atoms with E-state index in [1.54, 1.807) is 0 Å². The van der Waals surface area contributed by atoms with E-state index < -0.39 is 0 Å². The summed E-state index contributed by atoms with van der Waals surface area (Å²) in [6, 6.07) is 8.85. The second kappa shape index (κ2) is 5.65. The standard InChI is InChI=1S/C15H23NO/c1-3-16-11-15(7-8-17-12-15)10-14-6-4-5-13(2)9-14/h4-6,9,16H,3,7-8,10-12H2,1-2H3. The predicted molar refractivity (Wildman–Crippen MR) is 71.3 cm³/mol. The van der Waals surface area contributed by atoms with Crippen LogP contribution >= 0.6 is 0 Å². The highest BCUT2D eigenvalue weighted by molar-refractivity contribution is 5.23. The Hall–Kier alpha value is -0.860. The summed E-state index contributed by atoms with van der Waals surface area (Å²) < 4.78 is 5.62. The summed E-state index contributed by atoms with van der Waals surface area (Å²) in [5, 5.41) is 3.49. The zero-order valence-corrected chi connectivity index (χ0v) is 11.0. The molecule has 1 atom stereocenters. The van der Waals surface area contributed by atoms with E-state index in [9.17, 15) is 0 Å². The van der Waals surface area contributed by atoms with E-state index in [0.29, 0.717) is 5.41 Å². The average Bonchev–Trinajstić information content (AvgIpc) is 2.75. The Labute approximate surface area is 104 Å². The molecule has 1 saturated heterocycles. The third-order valence-corrected chi connectivity index (χ3v) is 3.60. The molecule has 2 heteroatoms. The first-order chi connectivity index (χ1) is 8.24. The van der Waals surface area contributed by atoms with Crippen molar-refractivity contribution in [2.24, 2.45) is 5.41 Å². The SMILES string of the molecule is CCNCC1(Cc2cccc(C)c2)CCOC1. The first-order valence-corrected chi connectivity index (χ1v) is 6.58. The molecule has 0 amide bonds. The fourth-order valence-electron chi connectivity index (χ4n) is 2.64. The molecule has 1 aromatic rings. The van der Waals surface area contributed by atoms with Crippen molar-refractivity contribution < 1.29 is 4.74 Å². The summed E-state index contributed by atoms with van der Waals surface area (Å²) in [5.41, 5.74) is 3.09. The summed E-state index contributed by atoms with van der Waals surface area (Å²) in [7, 11) is 0. The molecule has 2 rings (SSSR count). The van der Waals surface area contributed by atoms with E-state index in [0.717, 1.165) is 32.7 Å². The third-order valence-electron chi connectivity index (χ3n) is 3.60. The number of hydrogen-bond acceptors (Lipinski definition) is 2. The van der Waals surface area contributed by atoms with Crippen LogP contribution in [0.1, 0.15) is 24.5 Å². The van der Waals surface area contributed by atoms with Gasteiger partial charge in [0.1, 0.15) is 0 Å². The van der Waals surface area contributed by atoms with Crippen molar-refractivity contribution in [2.75, 3.05) is 26.3 Å². The lowest BCUT2D eigenvalue weighted by Crippen LogP contribution is -2.36.